The normalized spacial score (nSPS) is 22.4. The average molecular weight is 222 g/mol. The highest BCUT2D eigenvalue weighted by molar-refractivity contribution is 5.90. The van der Waals surface area contributed by atoms with Gasteiger partial charge in [0.1, 0.15) is 0 Å². The zero-order chi connectivity index (χ0) is 11.0. The number of hydrogen-bond acceptors (Lipinski definition) is 5. The SMILES string of the molecule is O=C(c1nn[nH]n1)N1CCN(C2CC2)CC1. The van der Waals surface area contributed by atoms with Gasteiger partial charge in [0.2, 0.25) is 0 Å². The molecular weight excluding hydrogens is 208 g/mol. The van der Waals surface area contributed by atoms with E-state index in [0.717, 1.165) is 32.2 Å². The third-order valence-electron chi connectivity index (χ3n) is 3.20. The zero-order valence-corrected chi connectivity index (χ0v) is 8.96. The van der Waals surface area contributed by atoms with Crippen LogP contribution in [0.1, 0.15) is 23.5 Å². The molecule has 0 atom stereocenters. The molecule has 2 aliphatic rings. The van der Waals surface area contributed by atoms with E-state index in [2.05, 4.69) is 25.5 Å². The molecule has 7 heteroatoms. The fourth-order valence-corrected chi connectivity index (χ4v) is 2.12. The predicted octanol–water partition coefficient (Wildman–Crippen LogP) is -0.880. The summed E-state index contributed by atoms with van der Waals surface area (Å²) in [6, 6.07) is 0.780. The number of nitrogens with one attached hydrogen (secondary N) is 1. The molecule has 0 radical (unpaired) electrons. The Labute approximate surface area is 92.8 Å². The minimum absolute atomic E-state index is 0.121. The molecule has 1 aliphatic heterocycles. The van der Waals surface area contributed by atoms with Crippen molar-refractivity contribution in [3.63, 3.8) is 0 Å². The first kappa shape index (κ1) is 9.71. The molecule has 0 bridgehead atoms. The lowest BCUT2D eigenvalue weighted by Crippen LogP contribution is -2.49. The van der Waals surface area contributed by atoms with Gasteiger partial charge in [0.25, 0.3) is 11.7 Å². The summed E-state index contributed by atoms with van der Waals surface area (Å²) in [7, 11) is 0. The molecule has 0 unspecified atom stereocenters. The Morgan fingerprint density at radius 1 is 1.25 bits per heavy atom. The van der Waals surface area contributed by atoms with E-state index < -0.39 is 0 Å². The minimum Gasteiger partial charge on any atom is -0.333 e. The summed E-state index contributed by atoms with van der Waals surface area (Å²) in [5, 5.41) is 13.1. The van der Waals surface area contributed by atoms with Gasteiger partial charge < -0.3 is 4.90 Å². The van der Waals surface area contributed by atoms with E-state index in [-0.39, 0.29) is 11.7 Å². The molecule has 1 aromatic heterocycles. The second-order valence-electron chi connectivity index (χ2n) is 4.29. The summed E-state index contributed by atoms with van der Waals surface area (Å²) in [5.41, 5.74) is 0. The van der Waals surface area contributed by atoms with Gasteiger partial charge in [-0.1, -0.05) is 0 Å². The molecule has 3 rings (SSSR count). The quantitative estimate of drug-likeness (QED) is 0.703. The van der Waals surface area contributed by atoms with Gasteiger partial charge in [-0.2, -0.15) is 5.21 Å². The molecule has 1 saturated heterocycles. The highest BCUT2D eigenvalue weighted by Crippen LogP contribution is 2.27. The largest absolute Gasteiger partial charge is 0.333 e. The lowest BCUT2D eigenvalue weighted by atomic mass is 10.3. The highest BCUT2D eigenvalue weighted by Gasteiger charge is 2.33. The molecule has 2 heterocycles. The van der Waals surface area contributed by atoms with Crippen LogP contribution in [0.3, 0.4) is 0 Å². The molecule has 7 nitrogen and oxygen atoms in total. The number of nitrogens with zero attached hydrogens (tertiary/aromatic N) is 5. The Hall–Kier alpha value is -1.50. The van der Waals surface area contributed by atoms with Gasteiger partial charge in [0.05, 0.1) is 0 Å². The Morgan fingerprint density at radius 3 is 2.56 bits per heavy atom. The van der Waals surface area contributed by atoms with E-state index in [0.29, 0.717) is 0 Å². The van der Waals surface area contributed by atoms with Crippen LogP contribution in [0.4, 0.5) is 0 Å². The van der Waals surface area contributed by atoms with Crippen LogP contribution in [-0.4, -0.2) is 68.6 Å². The van der Waals surface area contributed by atoms with Crippen molar-refractivity contribution in [2.45, 2.75) is 18.9 Å². The van der Waals surface area contributed by atoms with Crippen LogP contribution in [-0.2, 0) is 0 Å². The molecule has 1 amide bonds. The maximum absolute atomic E-state index is 11.9. The van der Waals surface area contributed by atoms with E-state index in [4.69, 9.17) is 0 Å². The lowest BCUT2D eigenvalue weighted by Gasteiger charge is -2.34. The zero-order valence-electron chi connectivity index (χ0n) is 8.96. The molecule has 1 N–H and O–H groups in total. The molecule has 1 saturated carbocycles. The van der Waals surface area contributed by atoms with E-state index in [1.54, 1.807) is 4.90 Å². The van der Waals surface area contributed by atoms with Crippen molar-refractivity contribution >= 4 is 5.91 Å². The molecule has 86 valence electrons. The Kier molecular flexibility index (Phi) is 2.32. The number of tetrazole rings is 1. The number of H-pyrrole nitrogens is 1. The second-order valence-corrected chi connectivity index (χ2v) is 4.29. The molecule has 16 heavy (non-hydrogen) atoms. The Morgan fingerprint density at radius 2 is 2.00 bits per heavy atom. The fourth-order valence-electron chi connectivity index (χ4n) is 2.12. The molecule has 0 spiro atoms. The monoisotopic (exact) mass is 222 g/mol. The number of carbonyl (C=O) groups is 1. The maximum Gasteiger partial charge on any atom is 0.295 e. The molecule has 1 aliphatic carbocycles. The van der Waals surface area contributed by atoms with Crippen molar-refractivity contribution in [3.8, 4) is 0 Å². The lowest BCUT2D eigenvalue weighted by molar-refractivity contribution is 0.0615. The number of hydrogen-bond donors (Lipinski definition) is 1. The van der Waals surface area contributed by atoms with Crippen LogP contribution in [0.15, 0.2) is 0 Å². The maximum atomic E-state index is 11.9. The third kappa shape index (κ3) is 1.78. The van der Waals surface area contributed by atoms with Gasteiger partial charge in [-0.05, 0) is 18.1 Å². The summed E-state index contributed by atoms with van der Waals surface area (Å²) in [6.45, 7) is 3.47. The van der Waals surface area contributed by atoms with Crippen LogP contribution < -0.4 is 0 Å². The van der Waals surface area contributed by atoms with E-state index >= 15 is 0 Å². The van der Waals surface area contributed by atoms with Crippen molar-refractivity contribution in [2.24, 2.45) is 0 Å². The summed E-state index contributed by atoms with van der Waals surface area (Å²) in [6.07, 6.45) is 2.64. The van der Waals surface area contributed by atoms with Crippen molar-refractivity contribution in [3.05, 3.63) is 5.82 Å². The van der Waals surface area contributed by atoms with Gasteiger partial charge in [0.15, 0.2) is 0 Å². The molecular formula is C9H14N6O. The number of amides is 1. The van der Waals surface area contributed by atoms with Crippen LogP contribution in [0.25, 0.3) is 0 Å². The fraction of sp³-hybridized carbons (Fsp3) is 0.778. The van der Waals surface area contributed by atoms with E-state index in [1.165, 1.54) is 12.8 Å². The van der Waals surface area contributed by atoms with Gasteiger partial charge in [0, 0.05) is 32.2 Å². The van der Waals surface area contributed by atoms with Crippen LogP contribution in [0.5, 0.6) is 0 Å². The van der Waals surface area contributed by atoms with Crippen molar-refractivity contribution in [1.29, 1.82) is 0 Å². The van der Waals surface area contributed by atoms with Gasteiger partial charge in [-0.3, -0.25) is 9.69 Å². The van der Waals surface area contributed by atoms with Crippen molar-refractivity contribution in [2.75, 3.05) is 26.2 Å². The van der Waals surface area contributed by atoms with E-state index in [9.17, 15) is 4.79 Å². The first-order valence-electron chi connectivity index (χ1n) is 5.61. The minimum atomic E-state index is -0.121. The smallest absolute Gasteiger partial charge is 0.295 e. The number of piperazine rings is 1. The van der Waals surface area contributed by atoms with Crippen LogP contribution in [0.2, 0.25) is 0 Å². The van der Waals surface area contributed by atoms with Crippen molar-refractivity contribution < 1.29 is 4.79 Å². The summed E-state index contributed by atoms with van der Waals surface area (Å²) < 4.78 is 0. The topological polar surface area (TPSA) is 78.0 Å². The summed E-state index contributed by atoms with van der Waals surface area (Å²) >= 11 is 0. The highest BCUT2D eigenvalue weighted by atomic mass is 16.2. The van der Waals surface area contributed by atoms with Crippen LogP contribution in [0, 0.1) is 0 Å². The first-order valence-corrected chi connectivity index (χ1v) is 5.61. The number of aromatic amines is 1. The third-order valence-corrected chi connectivity index (χ3v) is 3.20. The molecule has 0 aromatic carbocycles. The number of carbonyl (C=O) groups excluding carboxylic acids is 1. The van der Waals surface area contributed by atoms with E-state index in [1.807, 2.05) is 0 Å². The number of aromatic nitrogens is 4. The van der Waals surface area contributed by atoms with Crippen molar-refractivity contribution in [1.82, 2.24) is 30.4 Å². The molecule has 2 fully saturated rings. The summed E-state index contributed by atoms with van der Waals surface area (Å²) in [5.74, 6) is 0.0454. The van der Waals surface area contributed by atoms with Gasteiger partial charge in [-0.15, -0.1) is 10.2 Å². The van der Waals surface area contributed by atoms with Crippen LogP contribution >= 0.6 is 0 Å². The van der Waals surface area contributed by atoms with Gasteiger partial charge >= 0.3 is 0 Å². The summed E-state index contributed by atoms with van der Waals surface area (Å²) in [4.78, 5) is 16.1. The Balaban J connectivity index is 1.59. The van der Waals surface area contributed by atoms with Gasteiger partial charge in [-0.25, -0.2) is 0 Å². The average Bonchev–Trinajstić information content (AvgIpc) is 3.04. The Bertz CT molecular complexity index is 365. The first-order chi connectivity index (χ1) is 7.84. The predicted molar refractivity (Wildman–Crippen MR) is 54.7 cm³/mol. The number of rotatable bonds is 2. The standard InChI is InChI=1S/C9H14N6O/c16-9(8-10-12-13-11-8)15-5-3-14(4-6-15)7-1-2-7/h7H,1-6H2,(H,10,11,12,13). The molecule has 1 aromatic rings. The second kappa shape index (κ2) is 3.82.